The molecule has 0 saturated carbocycles. The van der Waals surface area contributed by atoms with Gasteiger partial charge in [-0.05, 0) is 37.3 Å². The Balaban J connectivity index is 1.85. The predicted octanol–water partition coefficient (Wildman–Crippen LogP) is 1.23. The molecule has 1 aromatic carbocycles. The van der Waals surface area contributed by atoms with E-state index in [0.29, 0.717) is 17.8 Å². The van der Waals surface area contributed by atoms with Crippen LogP contribution in [-0.4, -0.2) is 32.4 Å². The summed E-state index contributed by atoms with van der Waals surface area (Å²) in [7, 11) is 0. The Kier molecular flexibility index (Phi) is 4.64. The molecule has 0 radical (unpaired) electrons. The number of hydrogen-bond acceptors (Lipinski definition) is 6. The van der Waals surface area contributed by atoms with Crippen molar-refractivity contribution < 1.29 is 13.7 Å². The number of rotatable bonds is 5. The third-order valence-corrected chi connectivity index (χ3v) is 3.30. The Hall–Kier alpha value is -3.36. The van der Waals surface area contributed by atoms with Crippen LogP contribution in [0.4, 0.5) is 4.39 Å². The van der Waals surface area contributed by atoms with E-state index >= 15 is 0 Å². The molecule has 25 heavy (non-hydrogen) atoms. The summed E-state index contributed by atoms with van der Waals surface area (Å²) in [6.45, 7) is 2.13. The van der Waals surface area contributed by atoms with Gasteiger partial charge in [-0.2, -0.15) is 10.1 Å². The molecule has 2 aromatic heterocycles. The fourth-order valence-corrected chi connectivity index (χ4v) is 2.12. The Morgan fingerprint density at radius 1 is 1.24 bits per heavy atom. The number of hydrogen-bond donors (Lipinski definition) is 1. The molecule has 2 heterocycles. The molecular formula is C16H14FN5O3. The van der Waals surface area contributed by atoms with Crippen molar-refractivity contribution >= 4 is 5.91 Å². The van der Waals surface area contributed by atoms with Crippen molar-refractivity contribution in [2.75, 3.05) is 6.54 Å². The van der Waals surface area contributed by atoms with Crippen molar-refractivity contribution in [2.24, 2.45) is 0 Å². The number of amides is 1. The Morgan fingerprint density at radius 2 is 2.00 bits per heavy atom. The van der Waals surface area contributed by atoms with Gasteiger partial charge in [0.15, 0.2) is 5.82 Å². The normalized spacial score (nSPS) is 10.6. The molecule has 0 bridgehead atoms. The molecule has 3 aromatic rings. The molecule has 0 unspecified atom stereocenters. The van der Waals surface area contributed by atoms with Crippen LogP contribution in [0.5, 0.6) is 0 Å². The third-order valence-electron chi connectivity index (χ3n) is 3.30. The second-order valence-corrected chi connectivity index (χ2v) is 5.10. The SMILES string of the molecule is CCNC(=O)c1nc(Cn2nc(-c3ccc(F)cc3)ccc2=O)no1. The van der Waals surface area contributed by atoms with Crippen LogP contribution in [0.25, 0.3) is 11.3 Å². The van der Waals surface area contributed by atoms with Crippen LogP contribution in [0.3, 0.4) is 0 Å². The lowest BCUT2D eigenvalue weighted by Gasteiger charge is -2.05. The highest BCUT2D eigenvalue weighted by Gasteiger charge is 2.15. The minimum Gasteiger partial charge on any atom is -0.348 e. The number of nitrogens with one attached hydrogen (secondary N) is 1. The zero-order chi connectivity index (χ0) is 17.8. The third kappa shape index (κ3) is 3.77. The van der Waals surface area contributed by atoms with Crippen molar-refractivity contribution in [2.45, 2.75) is 13.5 Å². The van der Waals surface area contributed by atoms with Gasteiger partial charge in [0.05, 0.1) is 5.69 Å². The Bertz CT molecular complexity index is 949. The van der Waals surface area contributed by atoms with E-state index in [4.69, 9.17) is 4.52 Å². The van der Waals surface area contributed by atoms with Crippen molar-refractivity contribution in [3.63, 3.8) is 0 Å². The second-order valence-electron chi connectivity index (χ2n) is 5.10. The Morgan fingerprint density at radius 3 is 2.72 bits per heavy atom. The zero-order valence-electron chi connectivity index (χ0n) is 13.3. The molecule has 0 fully saturated rings. The molecule has 9 heteroatoms. The van der Waals surface area contributed by atoms with Gasteiger partial charge < -0.3 is 9.84 Å². The quantitative estimate of drug-likeness (QED) is 0.747. The van der Waals surface area contributed by atoms with Gasteiger partial charge in [-0.25, -0.2) is 9.07 Å². The lowest BCUT2D eigenvalue weighted by Crippen LogP contribution is -2.24. The smallest absolute Gasteiger partial charge is 0.316 e. The first-order valence-corrected chi connectivity index (χ1v) is 7.51. The molecule has 0 saturated heterocycles. The highest BCUT2D eigenvalue weighted by atomic mass is 19.1. The molecule has 8 nitrogen and oxygen atoms in total. The average Bonchev–Trinajstić information content (AvgIpc) is 3.07. The van der Waals surface area contributed by atoms with E-state index in [0.717, 1.165) is 4.68 Å². The van der Waals surface area contributed by atoms with Gasteiger partial charge in [-0.1, -0.05) is 5.16 Å². The van der Waals surface area contributed by atoms with Crippen LogP contribution in [-0.2, 0) is 6.54 Å². The first kappa shape index (κ1) is 16.5. The van der Waals surface area contributed by atoms with Gasteiger partial charge in [-0.3, -0.25) is 9.59 Å². The number of carbonyl (C=O) groups is 1. The summed E-state index contributed by atoms with van der Waals surface area (Å²) < 4.78 is 19.0. The first-order chi connectivity index (χ1) is 12.1. The van der Waals surface area contributed by atoms with Crippen molar-refractivity contribution in [3.05, 3.63) is 64.3 Å². The van der Waals surface area contributed by atoms with Gasteiger partial charge in [-0.15, -0.1) is 0 Å². The standard InChI is InChI=1S/C16H14FN5O3/c1-2-18-15(24)16-19-13(21-25-16)9-22-14(23)8-7-12(20-22)10-3-5-11(17)6-4-10/h3-8H,2,9H2,1H3,(H,18,24). The van der Waals surface area contributed by atoms with Crippen LogP contribution >= 0.6 is 0 Å². The fraction of sp³-hybridized carbons (Fsp3) is 0.188. The highest BCUT2D eigenvalue weighted by molar-refractivity contribution is 5.89. The highest BCUT2D eigenvalue weighted by Crippen LogP contribution is 2.15. The molecule has 0 aliphatic heterocycles. The van der Waals surface area contributed by atoms with Crippen molar-refractivity contribution in [1.82, 2.24) is 25.2 Å². The van der Waals surface area contributed by atoms with Crippen LogP contribution in [0.1, 0.15) is 23.4 Å². The molecule has 0 aliphatic carbocycles. The number of benzene rings is 1. The lowest BCUT2D eigenvalue weighted by atomic mass is 10.1. The molecule has 0 atom stereocenters. The largest absolute Gasteiger partial charge is 0.348 e. The maximum absolute atomic E-state index is 13.0. The summed E-state index contributed by atoms with van der Waals surface area (Å²) in [4.78, 5) is 27.5. The summed E-state index contributed by atoms with van der Waals surface area (Å²) in [5.41, 5.74) is 0.786. The van der Waals surface area contributed by atoms with Crippen molar-refractivity contribution in [3.8, 4) is 11.3 Å². The molecule has 1 amide bonds. The van der Waals surface area contributed by atoms with Gasteiger partial charge in [0.25, 0.3) is 5.56 Å². The van der Waals surface area contributed by atoms with Crippen LogP contribution in [0.15, 0.2) is 45.7 Å². The monoisotopic (exact) mass is 343 g/mol. The number of nitrogens with zero attached hydrogens (tertiary/aromatic N) is 4. The number of aromatic nitrogens is 4. The predicted molar refractivity (Wildman–Crippen MR) is 85.3 cm³/mol. The summed E-state index contributed by atoms with van der Waals surface area (Å²) in [6, 6.07) is 8.63. The molecule has 1 N–H and O–H groups in total. The summed E-state index contributed by atoms with van der Waals surface area (Å²) in [6.07, 6.45) is 0. The van der Waals surface area contributed by atoms with Crippen LogP contribution in [0, 0.1) is 5.82 Å². The minimum atomic E-state index is -0.485. The van der Waals surface area contributed by atoms with E-state index in [2.05, 4.69) is 20.6 Å². The van der Waals surface area contributed by atoms with Gasteiger partial charge in [0.2, 0.25) is 0 Å². The average molecular weight is 343 g/mol. The summed E-state index contributed by atoms with van der Waals surface area (Å²) in [5, 5.41) is 10.4. The van der Waals surface area contributed by atoms with Gasteiger partial charge in [0.1, 0.15) is 12.4 Å². The second kappa shape index (κ2) is 7.04. The molecule has 0 aliphatic rings. The summed E-state index contributed by atoms with van der Waals surface area (Å²) in [5.74, 6) is -0.880. The van der Waals surface area contributed by atoms with E-state index in [1.807, 2.05) is 0 Å². The maximum Gasteiger partial charge on any atom is 0.316 e. The minimum absolute atomic E-state index is 0.0588. The topological polar surface area (TPSA) is 103 Å². The molecule has 0 spiro atoms. The van der Waals surface area contributed by atoms with Gasteiger partial charge >= 0.3 is 11.8 Å². The lowest BCUT2D eigenvalue weighted by molar-refractivity contribution is 0.0912. The molecule has 3 rings (SSSR count). The van der Waals surface area contributed by atoms with Crippen LogP contribution in [0.2, 0.25) is 0 Å². The van der Waals surface area contributed by atoms with E-state index in [1.165, 1.54) is 18.2 Å². The van der Waals surface area contributed by atoms with E-state index in [-0.39, 0.29) is 29.6 Å². The number of carbonyl (C=O) groups excluding carboxylic acids is 1. The maximum atomic E-state index is 13.0. The van der Waals surface area contributed by atoms with Gasteiger partial charge in [0, 0.05) is 18.2 Å². The zero-order valence-corrected chi connectivity index (χ0v) is 13.3. The first-order valence-electron chi connectivity index (χ1n) is 7.51. The van der Waals surface area contributed by atoms with E-state index in [9.17, 15) is 14.0 Å². The van der Waals surface area contributed by atoms with Crippen molar-refractivity contribution in [1.29, 1.82) is 0 Å². The van der Waals surface area contributed by atoms with E-state index in [1.54, 1.807) is 25.1 Å². The summed E-state index contributed by atoms with van der Waals surface area (Å²) >= 11 is 0. The van der Waals surface area contributed by atoms with E-state index < -0.39 is 5.91 Å². The fourth-order valence-electron chi connectivity index (χ4n) is 2.12. The Labute approximate surface area is 141 Å². The molecule has 128 valence electrons. The van der Waals surface area contributed by atoms with Crippen LogP contribution < -0.4 is 10.9 Å². The molecular weight excluding hydrogens is 329 g/mol. The number of halogens is 1.